The molecular weight excluding hydrogens is 731 g/mol. The number of nitrogens with zero attached hydrogens (tertiary/aromatic N) is 2. The maximum atomic E-state index is 3.32. The zero-order valence-corrected chi connectivity index (χ0v) is 24.6. The third-order valence-corrected chi connectivity index (χ3v) is 7.82. The molecule has 0 unspecified atom stereocenters. The number of imidazole rings is 1. The van der Waals surface area contributed by atoms with Crippen LogP contribution in [0.4, 0.5) is 0 Å². The summed E-state index contributed by atoms with van der Waals surface area (Å²) in [5.74, 6) is 0. The molecule has 0 aliphatic rings. The van der Waals surface area contributed by atoms with Crippen LogP contribution >= 0.6 is 7.92 Å². The number of rotatable bonds is 5. The Labute approximate surface area is 237 Å². The standard InChI is InChI=1S/C18H15P.C11H14N2.Au.HI/c1-4-10-16(11-5-1)19(17-12-6-2-7-13-17)18-14-8-3-9-15-18;1-3-12-9-13(4-2)11-8-6-5-7-10(11)12;;/h1-15H;5-8H,3-4H2,1-2H3;;1H/q;;+1;/p-1. The first-order valence-electron chi connectivity index (χ1n) is 11.2. The smallest absolute Gasteiger partial charge is 1.00 e. The fourth-order valence-electron chi connectivity index (χ4n) is 3.83. The molecule has 0 saturated carbocycles. The summed E-state index contributed by atoms with van der Waals surface area (Å²) in [5, 5.41) is 4.19. The van der Waals surface area contributed by atoms with E-state index in [9.17, 15) is 0 Å². The zero-order chi connectivity index (χ0) is 22.2. The van der Waals surface area contributed by atoms with E-state index in [-0.39, 0.29) is 46.4 Å². The summed E-state index contributed by atoms with van der Waals surface area (Å²) < 4.78 is 4.30. The number of aromatic nitrogens is 2. The van der Waals surface area contributed by atoms with E-state index in [1.54, 1.807) is 0 Å². The molecule has 0 radical (unpaired) electrons. The Hall–Kier alpha value is -1.75. The first-order valence-corrected chi connectivity index (χ1v) is 12.5. The van der Waals surface area contributed by atoms with Gasteiger partial charge < -0.3 is 33.1 Å². The fourth-order valence-corrected chi connectivity index (χ4v) is 6.14. The number of para-hydroxylation sites is 2. The normalized spacial score (nSPS) is 10.1. The van der Waals surface area contributed by atoms with Crippen LogP contribution in [0.25, 0.3) is 11.0 Å². The van der Waals surface area contributed by atoms with Crippen molar-refractivity contribution in [3.63, 3.8) is 0 Å². The second kappa shape index (κ2) is 14.6. The first kappa shape index (κ1) is 28.5. The van der Waals surface area contributed by atoms with Gasteiger partial charge in [0.2, 0.25) is 6.33 Å². The van der Waals surface area contributed by atoms with E-state index in [1.807, 2.05) is 0 Å². The van der Waals surface area contributed by atoms with Crippen molar-refractivity contribution >= 4 is 34.9 Å². The molecular formula is C29H29AuIN2P. The molecule has 0 bridgehead atoms. The van der Waals surface area contributed by atoms with Crippen LogP contribution in [0.1, 0.15) is 13.8 Å². The summed E-state index contributed by atoms with van der Waals surface area (Å²) in [4.78, 5) is 0. The molecule has 0 amide bonds. The van der Waals surface area contributed by atoms with Crippen molar-refractivity contribution in [2.45, 2.75) is 26.9 Å². The van der Waals surface area contributed by atoms with Crippen molar-refractivity contribution in [3.05, 3.63) is 122 Å². The van der Waals surface area contributed by atoms with Gasteiger partial charge in [0.1, 0.15) is 0 Å². The van der Waals surface area contributed by atoms with Crippen LogP contribution in [0.3, 0.4) is 0 Å². The fraction of sp³-hybridized carbons (Fsp3) is 0.138. The second-order valence-electron chi connectivity index (χ2n) is 7.42. The van der Waals surface area contributed by atoms with E-state index in [2.05, 4.69) is 145 Å². The molecule has 0 aliphatic carbocycles. The average molecular weight is 760 g/mol. The van der Waals surface area contributed by atoms with Crippen LogP contribution in [0, 0.1) is 6.33 Å². The van der Waals surface area contributed by atoms with Crippen LogP contribution in [-0.4, -0.2) is 4.57 Å². The predicted molar refractivity (Wildman–Crippen MR) is 137 cm³/mol. The van der Waals surface area contributed by atoms with Gasteiger partial charge in [-0.05, 0) is 37.7 Å². The Morgan fingerprint density at radius 2 is 1.06 bits per heavy atom. The van der Waals surface area contributed by atoms with Crippen LogP contribution in [-0.2, 0) is 35.5 Å². The van der Waals surface area contributed by atoms with E-state index in [4.69, 9.17) is 0 Å². The van der Waals surface area contributed by atoms with Crippen LogP contribution in [0.2, 0.25) is 0 Å². The van der Waals surface area contributed by atoms with Gasteiger partial charge in [0.15, 0.2) is 0 Å². The average Bonchev–Trinajstić information content (AvgIpc) is 3.25. The molecule has 1 aromatic heterocycles. The molecule has 5 rings (SSSR count). The van der Waals surface area contributed by atoms with Crippen molar-refractivity contribution in [3.8, 4) is 0 Å². The Morgan fingerprint density at radius 3 is 1.47 bits per heavy atom. The minimum absolute atomic E-state index is 0. The monoisotopic (exact) mass is 760 g/mol. The van der Waals surface area contributed by atoms with Gasteiger partial charge in [0.05, 0.1) is 13.1 Å². The summed E-state index contributed by atoms with van der Waals surface area (Å²) in [6.45, 7) is 6.24. The summed E-state index contributed by atoms with van der Waals surface area (Å²) in [7, 11) is -0.446. The molecule has 1 heterocycles. The number of benzene rings is 4. The molecule has 178 valence electrons. The molecule has 0 aliphatic heterocycles. The van der Waals surface area contributed by atoms with Gasteiger partial charge in [-0.3, -0.25) is 0 Å². The Bertz CT molecular complexity index is 1110. The van der Waals surface area contributed by atoms with Gasteiger partial charge in [-0.15, -0.1) is 0 Å². The third-order valence-electron chi connectivity index (χ3n) is 5.38. The summed E-state index contributed by atoms with van der Waals surface area (Å²) in [5.41, 5.74) is 2.54. The molecule has 0 spiro atoms. The molecule has 0 saturated heterocycles. The van der Waals surface area contributed by atoms with E-state index < -0.39 is 7.92 Å². The molecule has 34 heavy (non-hydrogen) atoms. The number of halogens is 1. The van der Waals surface area contributed by atoms with Crippen molar-refractivity contribution in [1.82, 2.24) is 4.57 Å². The molecule has 0 N–H and O–H groups in total. The molecule has 0 fully saturated rings. The second-order valence-corrected chi connectivity index (χ2v) is 9.64. The van der Waals surface area contributed by atoms with Crippen molar-refractivity contribution in [2.75, 3.05) is 0 Å². The van der Waals surface area contributed by atoms with Crippen molar-refractivity contribution < 1.29 is 50.9 Å². The van der Waals surface area contributed by atoms with Crippen LogP contribution < -0.4 is 44.5 Å². The SMILES string of the molecule is CCn1[c-][n+](CC)c2ccccc21.[Au+].[I-].c1ccc(P(c2ccccc2)c2ccccc2)cc1. The number of hydrogen-bond donors (Lipinski definition) is 0. The summed E-state index contributed by atoms with van der Waals surface area (Å²) in [6, 6.07) is 40.8. The van der Waals surface area contributed by atoms with E-state index in [0.29, 0.717) is 0 Å². The van der Waals surface area contributed by atoms with Gasteiger partial charge in [0.25, 0.3) is 0 Å². The quantitative estimate of drug-likeness (QED) is 0.0856. The van der Waals surface area contributed by atoms with Crippen molar-refractivity contribution in [1.29, 1.82) is 0 Å². The molecule has 0 atom stereocenters. The maximum Gasteiger partial charge on any atom is 1.00 e. The van der Waals surface area contributed by atoms with Crippen molar-refractivity contribution in [2.24, 2.45) is 0 Å². The topological polar surface area (TPSA) is 8.81 Å². The zero-order valence-electron chi connectivity index (χ0n) is 19.4. The van der Waals surface area contributed by atoms with Gasteiger partial charge >= 0.3 is 22.4 Å². The molecule has 5 heteroatoms. The summed E-state index contributed by atoms with van der Waals surface area (Å²) in [6.07, 6.45) is 3.32. The maximum absolute atomic E-state index is 3.32. The summed E-state index contributed by atoms with van der Waals surface area (Å²) >= 11 is 0. The van der Waals surface area contributed by atoms with E-state index >= 15 is 0 Å². The minimum atomic E-state index is -0.446. The Balaban J connectivity index is 0.000000241. The molecule has 2 nitrogen and oxygen atoms in total. The van der Waals surface area contributed by atoms with Crippen LogP contribution in [0.15, 0.2) is 115 Å². The third kappa shape index (κ3) is 6.90. The largest absolute Gasteiger partial charge is 1.00 e. The number of aryl methyl sites for hydroxylation is 2. The number of hydrogen-bond acceptors (Lipinski definition) is 0. The van der Waals surface area contributed by atoms with E-state index in [1.165, 1.54) is 26.9 Å². The molecule has 4 aromatic carbocycles. The van der Waals surface area contributed by atoms with Gasteiger partial charge in [-0.1, -0.05) is 115 Å². The van der Waals surface area contributed by atoms with Gasteiger partial charge in [-0.2, -0.15) is 0 Å². The van der Waals surface area contributed by atoms with Crippen LogP contribution in [0.5, 0.6) is 0 Å². The Morgan fingerprint density at radius 1 is 0.647 bits per heavy atom. The number of fused-ring (bicyclic) bond motifs is 1. The van der Waals surface area contributed by atoms with Gasteiger partial charge in [0, 0.05) is 11.0 Å². The predicted octanol–water partition coefficient (Wildman–Crippen LogP) is 2.22. The minimum Gasteiger partial charge on any atom is -1.00 e. The Kier molecular flexibility index (Phi) is 12.2. The first-order chi connectivity index (χ1) is 15.8. The van der Waals surface area contributed by atoms with E-state index in [0.717, 1.165) is 13.1 Å². The van der Waals surface area contributed by atoms with Gasteiger partial charge in [-0.25, -0.2) is 0 Å². The molecule has 5 aromatic rings.